The molecule has 2 aliphatic rings. The Hall–Kier alpha value is -0.930. The van der Waals surface area contributed by atoms with Crippen LogP contribution in [0.3, 0.4) is 0 Å². The molecule has 58 valence electrons. The van der Waals surface area contributed by atoms with E-state index in [4.69, 9.17) is 9.78 Å². The molecule has 1 heterocycles. The topological polar surface area (TPSA) is 35.5 Å². The van der Waals surface area contributed by atoms with E-state index in [-0.39, 0.29) is 5.78 Å². The Labute approximate surface area is 64.2 Å². The lowest BCUT2D eigenvalue weighted by Gasteiger charge is -2.18. The lowest BCUT2D eigenvalue weighted by atomic mass is 9.95. The van der Waals surface area contributed by atoms with Crippen molar-refractivity contribution in [2.45, 2.75) is 12.0 Å². The number of rotatable bonds is 0. The summed E-state index contributed by atoms with van der Waals surface area (Å²) in [6.07, 6.45) is 7.28. The summed E-state index contributed by atoms with van der Waals surface area (Å²) in [5.41, 5.74) is -0.450. The third kappa shape index (κ3) is 1.13. The summed E-state index contributed by atoms with van der Waals surface area (Å²) in [7, 11) is 0. The summed E-state index contributed by atoms with van der Waals surface area (Å²) in [5, 5.41) is 0. The van der Waals surface area contributed by atoms with Crippen molar-refractivity contribution in [1.29, 1.82) is 0 Å². The highest BCUT2D eigenvalue weighted by molar-refractivity contribution is 6.00. The molecule has 3 nitrogen and oxygen atoms in total. The fraction of sp³-hybridized carbons (Fsp3) is 0.375. The van der Waals surface area contributed by atoms with Gasteiger partial charge in [0.15, 0.2) is 5.78 Å². The molecule has 0 aromatic rings. The first-order valence-corrected chi connectivity index (χ1v) is 3.54. The average molecular weight is 152 g/mol. The van der Waals surface area contributed by atoms with Crippen molar-refractivity contribution in [1.82, 2.24) is 0 Å². The number of ketones is 1. The molecular formula is C8H8O3. The molecule has 2 rings (SSSR count). The molecule has 1 aliphatic heterocycles. The first-order chi connectivity index (χ1) is 5.31. The van der Waals surface area contributed by atoms with Crippen LogP contribution in [0.4, 0.5) is 0 Å². The molecule has 1 fully saturated rings. The minimum Gasteiger partial charge on any atom is -0.290 e. The molecule has 1 aliphatic carbocycles. The Morgan fingerprint density at radius 1 is 1.36 bits per heavy atom. The number of carbonyl (C=O) groups is 1. The van der Waals surface area contributed by atoms with Gasteiger partial charge in [-0.1, -0.05) is 0 Å². The molecule has 0 amide bonds. The smallest absolute Gasteiger partial charge is 0.178 e. The maximum Gasteiger partial charge on any atom is 0.178 e. The highest BCUT2D eigenvalue weighted by Crippen LogP contribution is 2.28. The van der Waals surface area contributed by atoms with Crippen LogP contribution < -0.4 is 0 Å². The minimum absolute atomic E-state index is 0.00567. The number of hydrogen-bond donors (Lipinski definition) is 0. The summed E-state index contributed by atoms with van der Waals surface area (Å²) < 4.78 is 0. The van der Waals surface area contributed by atoms with E-state index in [0.29, 0.717) is 6.61 Å². The van der Waals surface area contributed by atoms with E-state index in [2.05, 4.69) is 0 Å². The predicted molar refractivity (Wildman–Crippen MR) is 37.7 cm³/mol. The largest absolute Gasteiger partial charge is 0.290 e. The molecule has 0 unspecified atom stereocenters. The first kappa shape index (κ1) is 6.76. The van der Waals surface area contributed by atoms with Crippen molar-refractivity contribution in [3.63, 3.8) is 0 Å². The fourth-order valence-corrected chi connectivity index (χ4v) is 1.17. The molecule has 0 radical (unpaired) electrons. The van der Waals surface area contributed by atoms with Crippen LogP contribution in [0.1, 0.15) is 6.42 Å². The van der Waals surface area contributed by atoms with Gasteiger partial charge in [-0.3, -0.25) is 4.79 Å². The SMILES string of the molecule is O=C1C=CC2(C=C1)CCOO2. The van der Waals surface area contributed by atoms with Crippen molar-refractivity contribution in [2.75, 3.05) is 6.61 Å². The summed E-state index contributed by atoms with van der Waals surface area (Å²) in [4.78, 5) is 20.5. The summed E-state index contributed by atoms with van der Waals surface area (Å²) in [6, 6.07) is 0. The summed E-state index contributed by atoms with van der Waals surface area (Å²) in [6.45, 7) is 0.586. The Morgan fingerprint density at radius 3 is 2.64 bits per heavy atom. The van der Waals surface area contributed by atoms with Crippen LogP contribution in [-0.4, -0.2) is 18.0 Å². The van der Waals surface area contributed by atoms with Crippen LogP contribution in [0, 0.1) is 0 Å². The van der Waals surface area contributed by atoms with Crippen molar-refractivity contribution < 1.29 is 14.6 Å². The van der Waals surface area contributed by atoms with Crippen molar-refractivity contribution in [2.24, 2.45) is 0 Å². The molecule has 0 saturated carbocycles. The second-order valence-electron chi connectivity index (χ2n) is 2.68. The maximum absolute atomic E-state index is 10.7. The third-order valence-corrected chi connectivity index (χ3v) is 1.85. The van der Waals surface area contributed by atoms with Gasteiger partial charge in [0.2, 0.25) is 0 Å². The van der Waals surface area contributed by atoms with E-state index in [1.165, 1.54) is 12.2 Å². The van der Waals surface area contributed by atoms with Gasteiger partial charge in [0.1, 0.15) is 5.60 Å². The Bertz CT molecular complexity index is 216. The number of carbonyl (C=O) groups excluding carboxylic acids is 1. The second-order valence-corrected chi connectivity index (χ2v) is 2.68. The average Bonchev–Trinajstić information content (AvgIpc) is 2.45. The van der Waals surface area contributed by atoms with Gasteiger partial charge in [-0.15, -0.1) is 0 Å². The van der Waals surface area contributed by atoms with Gasteiger partial charge in [0, 0.05) is 6.42 Å². The zero-order valence-electron chi connectivity index (χ0n) is 5.95. The van der Waals surface area contributed by atoms with Crippen LogP contribution in [0.15, 0.2) is 24.3 Å². The monoisotopic (exact) mass is 152 g/mol. The summed E-state index contributed by atoms with van der Waals surface area (Å²) >= 11 is 0. The van der Waals surface area contributed by atoms with Crippen LogP contribution in [0.5, 0.6) is 0 Å². The van der Waals surface area contributed by atoms with Gasteiger partial charge in [0.25, 0.3) is 0 Å². The van der Waals surface area contributed by atoms with Gasteiger partial charge in [0.05, 0.1) is 6.61 Å². The standard InChI is InChI=1S/C8H8O3/c9-7-1-3-8(4-2-7)5-6-10-11-8/h1-4H,5-6H2. The molecule has 3 heteroatoms. The molecule has 0 N–H and O–H groups in total. The number of allylic oxidation sites excluding steroid dienone is 2. The molecule has 0 aromatic carbocycles. The van der Waals surface area contributed by atoms with Gasteiger partial charge < -0.3 is 0 Å². The Balaban J connectivity index is 2.22. The molecular weight excluding hydrogens is 144 g/mol. The van der Waals surface area contributed by atoms with E-state index in [0.717, 1.165) is 6.42 Å². The lowest BCUT2D eigenvalue weighted by Crippen LogP contribution is -2.24. The molecule has 1 spiro atoms. The molecule has 0 aromatic heterocycles. The van der Waals surface area contributed by atoms with Gasteiger partial charge in [-0.05, 0) is 24.3 Å². The van der Waals surface area contributed by atoms with Crippen molar-refractivity contribution in [3.8, 4) is 0 Å². The van der Waals surface area contributed by atoms with Crippen LogP contribution >= 0.6 is 0 Å². The third-order valence-electron chi connectivity index (χ3n) is 1.85. The fourth-order valence-electron chi connectivity index (χ4n) is 1.17. The van der Waals surface area contributed by atoms with Crippen LogP contribution in [-0.2, 0) is 14.6 Å². The Morgan fingerprint density at radius 2 is 2.09 bits per heavy atom. The number of hydrogen-bond acceptors (Lipinski definition) is 3. The molecule has 0 bridgehead atoms. The van der Waals surface area contributed by atoms with E-state index < -0.39 is 5.60 Å². The quantitative estimate of drug-likeness (QED) is 0.481. The van der Waals surface area contributed by atoms with Crippen molar-refractivity contribution in [3.05, 3.63) is 24.3 Å². The molecule has 11 heavy (non-hydrogen) atoms. The highest BCUT2D eigenvalue weighted by atomic mass is 17.2. The highest BCUT2D eigenvalue weighted by Gasteiger charge is 2.33. The van der Waals surface area contributed by atoms with Crippen molar-refractivity contribution >= 4 is 5.78 Å². The predicted octanol–water partition coefficient (Wildman–Crippen LogP) is 0.772. The second kappa shape index (κ2) is 2.29. The Kier molecular flexibility index (Phi) is 1.41. The van der Waals surface area contributed by atoms with Crippen LogP contribution in [0.25, 0.3) is 0 Å². The minimum atomic E-state index is -0.450. The van der Waals surface area contributed by atoms with Gasteiger partial charge >= 0.3 is 0 Å². The van der Waals surface area contributed by atoms with Crippen LogP contribution in [0.2, 0.25) is 0 Å². The molecule has 1 saturated heterocycles. The van der Waals surface area contributed by atoms with E-state index in [1.807, 2.05) is 0 Å². The maximum atomic E-state index is 10.7. The van der Waals surface area contributed by atoms with Gasteiger partial charge in [-0.2, -0.15) is 0 Å². The van der Waals surface area contributed by atoms with Gasteiger partial charge in [-0.25, -0.2) is 9.78 Å². The first-order valence-electron chi connectivity index (χ1n) is 3.54. The lowest BCUT2D eigenvalue weighted by molar-refractivity contribution is -0.284. The zero-order chi connectivity index (χ0) is 7.73. The van der Waals surface area contributed by atoms with E-state index in [1.54, 1.807) is 12.2 Å². The van der Waals surface area contributed by atoms with E-state index in [9.17, 15) is 4.79 Å². The molecule has 0 atom stereocenters. The normalized spacial score (nSPS) is 26.7. The van der Waals surface area contributed by atoms with E-state index >= 15 is 0 Å². The zero-order valence-corrected chi connectivity index (χ0v) is 5.95. The summed E-state index contributed by atoms with van der Waals surface area (Å²) in [5.74, 6) is 0.00567.